The summed E-state index contributed by atoms with van der Waals surface area (Å²) in [6.45, 7) is 1.98. The van der Waals surface area contributed by atoms with Gasteiger partial charge in [0, 0.05) is 7.05 Å². The third kappa shape index (κ3) is 2.98. The molecule has 102 valence electrons. The molecule has 1 aliphatic carbocycles. The molecule has 0 radical (unpaired) electrons. The van der Waals surface area contributed by atoms with Gasteiger partial charge < -0.3 is 15.4 Å². The summed E-state index contributed by atoms with van der Waals surface area (Å²) in [7, 11) is 1.58. The highest BCUT2D eigenvalue weighted by atomic mass is 32.1. The molecule has 0 aromatic carbocycles. The second-order valence-electron chi connectivity index (χ2n) is 4.62. The molecule has 5 nitrogen and oxygen atoms in total. The van der Waals surface area contributed by atoms with E-state index in [-0.39, 0.29) is 17.4 Å². The van der Waals surface area contributed by atoms with E-state index in [1.165, 1.54) is 4.90 Å². The van der Waals surface area contributed by atoms with Crippen LogP contribution in [0, 0.1) is 5.41 Å². The molecule has 0 aliphatic heterocycles. The number of nitrogens with zero attached hydrogens (tertiary/aromatic N) is 1. The van der Waals surface area contributed by atoms with E-state index in [1.807, 2.05) is 0 Å². The van der Waals surface area contributed by atoms with Crippen molar-refractivity contribution in [3.05, 3.63) is 0 Å². The molecule has 1 rings (SSSR count). The summed E-state index contributed by atoms with van der Waals surface area (Å²) >= 11 is 5.04. The van der Waals surface area contributed by atoms with Crippen LogP contribution in [0.4, 0.5) is 0 Å². The fourth-order valence-electron chi connectivity index (χ4n) is 2.38. The topological polar surface area (TPSA) is 72.6 Å². The first-order chi connectivity index (χ1) is 8.44. The maximum absolute atomic E-state index is 12.4. The van der Waals surface area contributed by atoms with Gasteiger partial charge in [-0.1, -0.05) is 25.1 Å². The van der Waals surface area contributed by atoms with Crippen LogP contribution in [-0.4, -0.2) is 42.0 Å². The molecule has 18 heavy (non-hydrogen) atoms. The Morgan fingerprint density at radius 2 is 1.94 bits per heavy atom. The van der Waals surface area contributed by atoms with Crippen LogP contribution in [0.25, 0.3) is 0 Å². The van der Waals surface area contributed by atoms with Crippen LogP contribution in [0.2, 0.25) is 0 Å². The number of amides is 1. The Kier molecular flexibility index (Phi) is 5.07. The number of carbonyl (C=O) groups excluding carboxylic acids is 2. The summed E-state index contributed by atoms with van der Waals surface area (Å²) in [6.07, 6.45) is 3.23. The second-order valence-corrected chi connectivity index (χ2v) is 5.06. The van der Waals surface area contributed by atoms with Crippen molar-refractivity contribution < 1.29 is 14.3 Å². The molecular formula is C12H20N2O3S. The third-order valence-corrected chi connectivity index (χ3v) is 3.75. The number of nitrogens with two attached hydrogens (primary N) is 1. The number of carbonyl (C=O) groups is 2. The summed E-state index contributed by atoms with van der Waals surface area (Å²) in [5.74, 6) is -0.579. The van der Waals surface area contributed by atoms with Gasteiger partial charge in [0.05, 0.1) is 17.0 Å². The highest BCUT2D eigenvalue weighted by molar-refractivity contribution is 7.80. The van der Waals surface area contributed by atoms with Crippen molar-refractivity contribution in [2.45, 2.75) is 32.6 Å². The SMILES string of the molecule is CCOC(=O)CN(C)C(=O)C1(C(N)=S)CCCC1. The van der Waals surface area contributed by atoms with Crippen LogP contribution in [0.1, 0.15) is 32.6 Å². The predicted molar refractivity (Wildman–Crippen MR) is 72.0 cm³/mol. The summed E-state index contributed by atoms with van der Waals surface area (Å²) < 4.78 is 4.82. The minimum absolute atomic E-state index is 0.0585. The molecule has 0 spiro atoms. The molecule has 0 aromatic heterocycles. The summed E-state index contributed by atoms with van der Waals surface area (Å²) in [5.41, 5.74) is 4.98. The lowest BCUT2D eigenvalue weighted by molar-refractivity contribution is -0.150. The minimum atomic E-state index is -0.753. The number of esters is 1. The molecule has 1 fully saturated rings. The van der Waals surface area contributed by atoms with Gasteiger partial charge in [-0.2, -0.15) is 0 Å². The van der Waals surface area contributed by atoms with Gasteiger partial charge in [-0.05, 0) is 19.8 Å². The third-order valence-electron chi connectivity index (χ3n) is 3.36. The van der Waals surface area contributed by atoms with Gasteiger partial charge in [0.15, 0.2) is 0 Å². The van der Waals surface area contributed by atoms with Crippen LogP contribution < -0.4 is 5.73 Å². The molecule has 0 unspecified atom stereocenters. The Morgan fingerprint density at radius 1 is 1.39 bits per heavy atom. The standard InChI is InChI=1S/C12H20N2O3S/c1-3-17-9(15)8-14(2)11(16)12(10(13)18)6-4-5-7-12/h3-8H2,1-2H3,(H2,13,18). The maximum atomic E-state index is 12.4. The van der Waals surface area contributed by atoms with Gasteiger partial charge in [-0.25, -0.2) is 0 Å². The zero-order valence-corrected chi connectivity index (χ0v) is 11.7. The number of ether oxygens (including phenoxy) is 1. The fraction of sp³-hybridized carbons (Fsp3) is 0.750. The lowest BCUT2D eigenvalue weighted by atomic mass is 9.84. The number of likely N-dealkylation sites (N-methyl/N-ethyl adjacent to an activating group) is 1. The zero-order valence-electron chi connectivity index (χ0n) is 10.9. The molecule has 1 aliphatic rings. The average molecular weight is 272 g/mol. The molecule has 1 saturated carbocycles. The second kappa shape index (κ2) is 6.13. The van der Waals surface area contributed by atoms with Crippen molar-refractivity contribution in [2.24, 2.45) is 11.1 Å². The molecule has 0 atom stereocenters. The first kappa shape index (κ1) is 14.9. The average Bonchev–Trinajstić information content (AvgIpc) is 2.78. The van der Waals surface area contributed by atoms with E-state index < -0.39 is 11.4 Å². The van der Waals surface area contributed by atoms with Gasteiger partial charge in [0.2, 0.25) is 5.91 Å². The molecule has 0 saturated heterocycles. The van der Waals surface area contributed by atoms with Gasteiger partial charge in [0.1, 0.15) is 6.54 Å². The van der Waals surface area contributed by atoms with E-state index in [0.29, 0.717) is 19.4 Å². The van der Waals surface area contributed by atoms with Crippen molar-refractivity contribution in [3.63, 3.8) is 0 Å². The lowest BCUT2D eigenvalue weighted by Crippen LogP contribution is -2.49. The van der Waals surface area contributed by atoms with Crippen LogP contribution in [0.3, 0.4) is 0 Å². The largest absolute Gasteiger partial charge is 0.465 e. The molecule has 0 bridgehead atoms. The van der Waals surface area contributed by atoms with Gasteiger partial charge in [0.25, 0.3) is 0 Å². The van der Waals surface area contributed by atoms with Crippen molar-refractivity contribution >= 4 is 29.1 Å². The predicted octanol–water partition coefficient (Wildman–Crippen LogP) is 0.854. The Bertz CT molecular complexity index is 351. The molecule has 0 aromatic rings. The first-order valence-corrected chi connectivity index (χ1v) is 6.56. The van der Waals surface area contributed by atoms with Crippen molar-refractivity contribution in [2.75, 3.05) is 20.2 Å². The minimum Gasteiger partial charge on any atom is -0.465 e. The molecule has 2 N–H and O–H groups in total. The lowest BCUT2D eigenvalue weighted by Gasteiger charge is -2.30. The highest BCUT2D eigenvalue weighted by Gasteiger charge is 2.45. The van der Waals surface area contributed by atoms with E-state index in [4.69, 9.17) is 22.7 Å². The van der Waals surface area contributed by atoms with E-state index in [2.05, 4.69) is 0 Å². The van der Waals surface area contributed by atoms with Crippen molar-refractivity contribution in [3.8, 4) is 0 Å². The molecule has 1 amide bonds. The molecular weight excluding hydrogens is 252 g/mol. The smallest absolute Gasteiger partial charge is 0.325 e. The van der Waals surface area contributed by atoms with Crippen LogP contribution in [0.15, 0.2) is 0 Å². The number of hydrogen-bond acceptors (Lipinski definition) is 4. The Balaban J connectivity index is 2.72. The van der Waals surface area contributed by atoms with E-state index in [9.17, 15) is 9.59 Å². The molecule has 6 heteroatoms. The number of hydrogen-bond donors (Lipinski definition) is 1. The molecule has 0 heterocycles. The van der Waals surface area contributed by atoms with Crippen LogP contribution >= 0.6 is 12.2 Å². The maximum Gasteiger partial charge on any atom is 0.325 e. The van der Waals surface area contributed by atoms with Crippen LogP contribution in [0.5, 0.6) is 0 Å². The number of thiocarbonyl (C=S) groups is 1. The Hall–Kier alpha value is -1.17. The summed E-state index contributed by atoms with van der Waals surface area (Å²) in [6, 6.07) is 0. The summed E-state index contributed by atoms with van der Waals surface area (Å²) in [4.78, 5) is 25.4. The van der Waals surface area contributed by atoms with E-state index >= 15 is 0 Å². The monoisotopic (exact) mass is 272 g/mol. The first-order valence-electron chi connectivity index (χ1n) is 6.15. The van der Waals surface area contributed by atoms with E-state index in [1.54, 1.807) is 14.0 Å². The van der Waals surface area contributed by atoms with Crippen molar-refractivity contribution in [1.82, 2.24) is 4.90 Å². The van der Waals surface area contributed by atoms with Crippen molar-refractivity contribution in [1.29, 1.82) is 0 Å². The highest BCUT2D eigenvalue weighted by Crippen LogP contribution is 2.39. The normalized spacial score (nSPS) is 17.2. The van der Waals surface area contributed by atoms with Crippen LogP contribution in [-0.2, 0) is 14.3 Å². The Labute approximate surface area is 113 Å². The summed E-state index contributed by atoms with van der Waals surface area (Å²) in [5, 5.41) is 0. The van der Waals surface area contributed by atoms with E-state index in [0.717, 1.165) is 12.8 Å². The van der Waals surface area contributed by atoms with Gasteiger partial charge in [-0.3, -0.25) is 9.59 Å². The van der Waals surface area contributed by atoms with Gasteiger partial charge in [-0.15, -0.1) is 0 Å². The van der Waals surface area contributed by atoms with Gasteiger partial charge >= 0.3 is 5.97 Å². The number of rotatable bonds is 5. The fourth-order valence-corrected chi connectivity index (χ4v) is 2.67. The Morgan fingerprint density at radius 3 is 2.39 bits per heavy atom. The zero-order chi connectivity index (χ0) is 13.8. The quantitative estimate of drug-likeness (QED) is 0.593.